The lowest BCUT2D eigenvalue weighted by molar-refractivity contribution is 0.620. The van der Waals surface area contributed by atoms with Gasteiger partial charge in [-0.1, -0.05) is 109 Å². The van der Waals surface area contributed by atoms with Gasteiger partial charge in [0, 0.05) is 44.2 Å². The Morgan fingerprint density at radius 2 is 1.17 bits per heavy atom. The van der Waals surface area contributed by atoms with Crippen LogP contribution in [-0.2, 0) is 0 Å². The summed E-state index contributed by atoms with van der Waals surface area (Å²) < 4.78 is 19.6. The maximum atomic E-state index is 6.63. The van der Waals surface area contributed by atoms with Crippen LogP contribution in [0.1, 0.15) is 0 Å². The molecule has 3 heterocycles. The highest BCUT2D eigenvalue weighted by Crippen LogP contribution is 2.45. The first-order chi connectivity index (χ1) is 25.8. The number of oxazole rings is 1. The number of hydrogen-bond donors (Lipinski definition) is 0. The Morgan fingerprint density at radius 3 is 2.12 bits per heavy atom. The van der Waals surface area contributed by atoms with Gasteiger partial charge < -0.3 is 18.2 Å². The van der Waals surface area contributed by atoms with Gasteiger partial charge in [-0.25, -0.2) is 4.98 Å². The topological polar surface area (TPSA) is 55.6 Å². The second-order valence-corrected chi connectivity index (χ2v) is 13.1. The highest BCUT2D eigenvalue weighted by atomic mass is 16.4. The van der Waals surface area contributed by atoms with E-state index in [0.29, 0.717) is 5.89 Å². The van der Waals surface area contributed by atoms with E-state index >= 15 is 0 Å². The fourth-order valence-electron chi connectivity index (χ4n) is 7.70. The molecule has 52 heavy (non-hydrogen) atoms. The zero-order valence-corrected chi connectivity index (χ0v) is 27.8. The Labute approximate surface area is 297 Å². The molecule has 11 aromatic rings. The third-order valence-electron chi connectivity index (χ3n) is 10.1. The first-order valence-electron chi connectivity index (χ1n) is 17.4. The predicted molar refractivity (Wildman–Crippen MR) is 212 cm³/mol. The lowest BCUT2D eigenvalue weighted by atomic mass is 10.0. The molecule has 0 unspecified atom stereocenters. The Hall–Kier alpha value is -7.11. The fraction of sp³-hybridized carbons (Fsp3) is 0. The molecule has 0 N–H and O–H groups in total. The normalized spacial score (nSPS) is 11.8. The van der Waals surface area contributed by atoms with Crippen LogP contribution in [0.15, 0.2) is 183 Å². The number of aromatic nitrogens is 1. The molecule has 0 aliphatic heterocycles. The van der Waals surface area contributed by atoms with Gasteiger partial charge in [-0.3, -0.25) is 0 Å². The number of hydrogen-bond acceptors (Lipinski definition) is 5. The van der Waals surface area contributed by atoms with Crippen molar-refractivity contribution in [1.29, 1.82) is 0 Å². The van der Waals surface area contributed by atoms with E-state index in [-0.39, 0.29) is 0 Å². The van der Waals surface area contributed by atoms with Crippen molar-refractivity contribution in [3.8, 4) is 22.6 Å². The summed E-state index contributed by atoms with van der Waals surface area (Å²) in [6, 6.07) is 58.5. The van der Waals surface area contributed by atoms with Crippen molar-refractivity contribution in [1.82, 2.24) is 4.98 Å². The van der Waals surface area contributed by atoms with Gasteiger partial charge in [0.15, 0.2) is 11.2 Å². The Kier molecular flexibility index (Phi) is 6.18. The van der Waals surface area contributed by atoms with Crippen LogP contribution in [0.5, 0.6) is 0 Å². The number of rotatable bonds is 5. The summed E-state index contributed by atoms with van der Waals surface area (Å²) in [7, 11) is 0. The summed E-state index contributed by atoms with van der Waals surface area (Å²) in [6.07, 6.45) is 0. The minimum absolute atomic E-state index is 0.569. The highest BCUT2D eigenvalue weighted by Gasteiger charge is 2.22. The molecule has 0 atom stereocenters. The standard InChI is InChI=1S/C47H28N2O3/c1-2-11-29(12-3-1)31-14-8-15-32(27-31)49(39-20-9-18-36-35-17-6-7-21-40(35)51-46(36)39)33-24-25-37-43(28-33)50-41-22-10-19-38(44(37)41)47-48-45-34-16-5-4-13-30(34)23-26-42(45)52-47/h1-28H. The van der Waals surface area contributed by atoms with E-state index in [1.165, 1.54) is 0 Å². The summed E-state index contributed by atoms with van der Waals surface area (Å²) in [5.74, 6) is 0.569. The molecule has 244 valence electrons. The maximum Gasteiger partial charge on any atom is 0.228 e. The first-order valence-corrected chi connectivity index (χ1v) is 17.4. The van der Waals surface area contributed by atoms with Crippen LogP contribution < -0.4 is 4.90 Å². The predicted octanol–water partition coefficient (Wildman–Crippen LogP) is 13.6. The van der Waals surface area contributed by atoms with E-state index in [9.17, 15) is 0 Å². The summed E-state index contributed by atoms with van der Waals surface area (Å²) in [4.78, 5) is 7.29. The van der Waals surface area contributed by atoms with Crippen molar-refractivity contribution in [2.24, 2.45) is 0 Å². The van der Waals surface area contributed by atoms with Gasteiger partial charge in [0.25, 0.3) is 0 Å². The van der Waals surface area contributed by atoms with Crippen molar-refractivity contribution in [2.75, 3.05) is 4.90 Å². The van der Waals surface area contributed by atoms with Gasteiger partial charge in [0.1, 0.15) is 22.3 Å². The SMILES string of the molecule is c1ccc(-c2cccc(N(c3ccc4c(c3)oc3cccc(-c5nc6c(ccc7ccccc76)o5)c34)c3cccc4c3oc3ccccc34)c2)cc1. The number of anilines is 3. The van der Waals surface area contributed by atoms with Crippen LogP contribution in [-0.4, -0.2) is 4.98 Å². The van der Waals surface area contributed by atoms with Crippen LogP contribution in [0, 0.1) is 0 Å². The quantitative estimate of drug-likeness (QED) is 0.183. The van der Waals surface area contributed by atoms with E-state index in [0.717, 1.165) is 99.5 Å². The Bertz CT molecular complexity index is 3150. The monoisotopic (exact) mass is 668 g/mol. The van der Waals surface area contributed by atoms with E-state index in [4.69, 9.17) is 18.2 Å². The molecule has 0 spiro atoms. The molecule has 5 nitrogen and oxygen atoms in total. The second kappa shape index (κ2) is 11.2. The highest BCUT2D eigenvalue weighted by molar-refractivity contribution is 6.14. The molecule has 3 aromatic heterocycles. The van der Waals surface area contributed by atoms with Crippen molar-refractivity contribution >= 4 is 82.8 Å². The largest absolute Gasteiger partial charge is 0.456 e. The van der Waals surface area contributed by atoms with Crippen LogP contribution >= 0.6 is 0 Å². The van der Waals surface area contributed by atoms with Crippen LogP contribution in [0.3, 0.4) is 0 Å². The van der Waals surface area contributed by atoms with Crippen molar-refractivity contribution in [2.45, 2.75) is 0 Å². The minimum atomic E-state index is 0.569. The molecular formula is C47H28N2O3. The molecule has 0 amide bonds. The van der Waals surface area contributed by atoms with Gasteiger partial charge in [0.2, 0.25) is 5.89 Å². The minimum Gasteiger partial charge on any atom is -0.456 e. The van der Waals surface area contributed by atoms with Gasteiger partial charge in [-0.2, -0.15) is 0 Å². The summed E-state index contributed by atoms with van der Waals surface area (Å²) in [5.41, 5.74) is 10.9. The molecule has 0 saturated carbocycles. The average Bonchev–Trinajstić information content (AvgIpc) is 3.92. The molecule has 11 rings (SSSR count). The molecule has 0 bridgehead atoms. The van der Waals surface area contributed by atoms with E-state index in [1.807, 2.05) is 48.5 Å². The first kappa shape index (κ1) is 28.7. The zero-order chi connectivity index (χ0) is 34.2. The van der Waals surface area contributed by atoms with E-state index in [1.54, 1.807) is 0 Å². The summed E-state index contributed by atoms with van der Waals surface area (Å²) >= 11 is 0. The molecule has 0 fully saturated rings. The number of para-hydroxylation sites is 2. The third kappa shape index (κ3) is 4.39. The smallest absolute Gasteiger partial charge is 0.228 e. The number of benzene rings is 8. The maximum absolute atomic E-state index is 6.63. The van der Waals surface area contributed by atoms with Crippen molar-refractivity contribution < 1.29 is 13.3 Å². The second-order valence-electron chi connectivity index (χ2n) is 13.1. The van der Waals surface area contributed by atoms with Gasteiger partial charge in [-0.15, -0.1) is 0 Å². The third-order valence-corrected chi connectivity index (χ3v) is 10.1. The van der Waals surface area contributed by atoms with Gasteiger partial charge >= 0.3 is 0 Å². The summed E-state index contributed by atoms with van der Waals surface area (Å²) in [6.45, 7) is 0. The lowest BCUT2D eigenvalue weighted by Crippen LogP contribution is -2.10. The molecule has 8 aromatic carbocycles. The lowest BCUT2D eigenvalue weighted by Gasteiger charge is -2.26. The van der Waals surface area contributed by atoms with Gasteiger partial charge in [0.05, 0.1) is 11.4 Å². The molecule has 0 aliphatic rings. The van der Waals surface area contributed by atoms with E-state index < -0.39 is 0 Å². The number of furan rings is 2. The fourth-order valence-corrected chi connectivity index (χ4v) is 7.70. The van der Waals surface area contributed by atoms with Crippen molar-refractivity contribution in [3.63, 3.8) is 0 Å². The van der Waals surface area contributed by atoms with Crippen LogP contribution in [0.2, 0.25) is 0 Å². The Morgan fingerprint density at radius 1 is 0.423 bits per heavy atom. The molecule has 0 aliphatic carbocycles. The van der Waals surface area contributed by atoms with Crippen LogP contribution in [0.25, 0.3) is 88.3 Å². The molecule has 5 heteroatoms. The van der Waals surface area contributed by atoms with E-state index in [2.05, 4.69) is 126 Å². The summed E-state index contributed by atoms with van der Waals surface area (Å²) in [5, 5.41) is 6.31. The zero-order valence-electron chi connectivity index (χ0n) is 27.8. The average molecular weight is 669 g/mol. The molecule has 0 saturated heterocycles. The number of fused-ring (bicyclic) bond motifs is 9. The Balaban J connectivity index is 1.11. The molecular weight excluding hydrogens is 641 g/mol. The van der Waals surface area contributed by atoms with Crippen LogP contribution in [0.4, 0.5) is 17.1 Å². The van der Waals surface area contributed by atoms with Gasteiger partial charge in [-0.05, 0) is 71.1 Å². The number of nitrogens with zero attached hydrogens (tertiary/aromatic N) is 2. The molecule has 0 radical (unpaired) electrons. The van der Waals surface area contributed by atoms with Crippen molar-refractivity contribution in [3.05, 3.63) is 170 Å².